The monoisotopic (exact) mass is 376 g/mol. The number of likely N-dealkylation sites (tertiary alicyclic amines) is 1. The molecule has 4 rings (SSSR count). The third kappa shape index (κ3) is 4.20. The molecule has 2 heterocycles. The van der Waals surface area contributed by atoms with Gasteiger partial charge in [0.25, 0.3) is 0 Å². The molecular weight excluding hydrogens is 354 g/mol. The number of hydrogen-bond acceptors (Lipinski definition) is 5. The van der Waals surface area contributed by atoms with Crippen molar-refractivity contribution in [2.24, 2.45) is 11.8 Å². The molecule has 1 unspecified atom stereocenters. The van der Waals surface area contributed by atoms with Gasteiger partial charge in [0.15, 0.2) is 0 Å². The van der Waals surface area contributed by atoms with Gasteiger partial charge >= 0.3 is 0 Å². The fraction of sp³-hybridized carbons (Fsp3) is 0.450. The summed E-state index contributed by atoms with van der Waals surface area (Å²) >= 11 is 0. The highest BCUT2D eigenvalue weighted by atomic mass is 19.1. The van der Waals surface area contributed by atoms with Crippen LogP contribution in [-0.2, 0) is 0 Å². The molecular formula is C20H22F2N2O3. The van der Waals surface area contributed by atoms with Crippen molar-refractivity contribution < 1.29 is 23.7 Å². The van der Waals surface area contributed by atoms with Gasteiger partial charge in [0.2, 0.25) is 0 Å². The SMILES string of the molecule is Oc1ccc(C(O)CN2C[C@H]3C[C@@H](Oc4cc(F)cc(F)c4)C[C@H]3C2)nc1. The van der Waals surface area contributed by atoms with Gasteiger partial charge in [-0.25, -0.2) is 8.78 Å². The van der Waals surface area contributed by atoms with Gasteiger partial charge in [-0.2, -0.15) is 0 Å². The predicted octanol–water partition coefficient (Wildman–Crippen LogP) is 2.89. The number of β-amino-alcohol motifs (C(OH)–C–C–N with tert-alkyl or cyclic N) is 1. The van der Waals surface area contributed by atoms with Crippen LogP contribution in [-0.4, -0.2) is 45.8 Å². The Labute approximate surface area is 156 Å². The smallest absolute Gasteiger partial charge is 0.133 e. The second-order valence-electron chi connectivity index (χ2n) is 7.51. The summed E-state index contributed by atoms with van der Waals surface area (Å²) in [5.41, 5.74) is 0.541. The summed E-state index contributed by atoms with van der Waals surface area (Å²) in [4.78, 5) is 6.27. The Hall–Kier alpha value is -2.25. The van der Waals surface area contributed by atoms with Crippen LogP contribution in [0, 0.1) is 23.5 Å². The van der Waals surface area contributed by atoms with Crippen LogP contribution in [0.3, 0.4) is 0 Å². The van der Waals surface area contributed by atoms with E-state index in [-0.39, 0.29) is 17.6 Å². The Balaban J connectivity index is 1.29. The summed E-state index contributed by atoms with van der Waals surface area (Å²) in [5, 5.41) is 19.6. The molecule has 1 saturated carbocycles. The molecule has 1 saturated heterocycles. The van der Waals surface area contributed by atoms with E-state index in [4.69, 9.17) is 4.74 Å². The van der Waals surface area contributed by atoms with Crippen LogP contribution in [0.25, 0.3) is 0 Å². The van der Waals surface area contributed by atoms with Crippen LogP contribution >= 0.6 is 0 Å². The first-order valence-electron chi connectivity index (χ1n) is 9.14. The zero-order chi connectivity index (χ0) is 19.0. The van der Waals surface area contributed by atoms with Gasteiger partial charge in [0.05, 0.1) is 18.0 Å². The molecule has 144 valence electrons. The van der Waals surface area contributed by atoms with E-state index in [2.05, 4.69) is 9.88 Å². The van der Waals surface area contributed by atoms with Crippen molar-refractivity contribution >= 4 is 0 Å². The van der Waals surface area contributed by atoms with E-state index < -0.39 is 17.7 Å². The summed E-state index contributed by atoms with van der Waals surface area (Å²) in [5.74, 6) is -0.0480. The minimum Gasteiger partial charge on any atom is -0.506 e. The number of aromatic hydroxyl groups is 1. The number of ether oxygens (including phenoxy) is 1. The third-order valence-electron chi connectivity index (χ3n) is 5.47. The number of aromatic nitrogens is 1. The maximum atomic E-state index is 13.3. The average molecular weight is 376 g/mol. The number of benzene rings is 1. The van der Waals surface area contributed by atoms with Crippen LogP contribution < -0.4 is 4.74 Å². The van der Waals surface area contributed by atoms with E-state index in [1.165, 1.54) is 24.4 Å². The number of halogens is 2. The minimum atomic E-state index is -0.702. The summed E-state index contributed by atoms with van der Waals surface area (Å²) in [6, 6.07) is 6.40. The normalized spacial score (nSPS) is 26.1. The van der Waals surface area contributed by atoms with Crippen LogP contribution in [0.1, 0.15) is 24.6 Å². The number of nitrogens with zero attached hydrogens (tertiary/aromatic N) is 2. The van der Waals surface area contributed by atoms with Crippen molar-refractivity contribution in [2.75, 3.05) is 19.6 Å². The van der Waals surface area contributed by atoms with E-state index in [1.807, 2.05) is 0 Å². The van der Waals surface area contributed by atoms with E-state index in [9.17, 15) is 19.0 Å². The second kappa shape index (κ2) is 7.40. The van der Waals surface area contributed by atoms with Crippen molar-refractivity contribution in [3.63, 3.8) is 0 Å². The van der Waals surface area contributed by atoms with Crippen molar-refractivity contribution in [3.05, 3.63) is 53.9 Å². The number of aliphatic hydroxyl groups excluding tert-OH is 1. The number of fused-ring (bicyclic) bond motifs is 1. The van der Waals surface area contributed by atoms with Gasteiger partial charge in [-0.15, -0.1) is 0 Å². The van der Waals surface area contributed by atoms with Crippen molar-refractivity contribution in [1.82, 2.24) is 9.88 Å². The molecule has 4 atom stereocenters. The summed E-state index contributed by atoms with van der Waals surface area (Å²) < 4.78 is 32.4. The average Bonchev–Trinajstić information content (AvgIpc) is 3.12. The van der Waals surface area contributed by atoms with Crippen LogP contribution in [0.2, 0.25) is 0 Å². The van der Waals surface area contributed by atoms with Gasteiger partial charge in [0.1, 0.15) is 29.2 Å². The lowest BCUT2D eigenvalue weighted by Crippen LogP contribution is -2.29. The largest absolute Gasteiger partial charge is 0.506 e. The first-order valence-corrected chi connectivity index (χ1v) is 9.14. The molecule has 2 N–H and O–H groups in total. The van der Waals surface area contributed by atoms with E-state index in [0.29, 0.717) is 24.1 Å². The molecule has 27 heavy (non-hydrogen) atoms. The molecule has 5 nitrogen and oxygen atoms in total. The quantitative estimate of drug-likeness (QED) is 0.840. The zero-order valence-electron chi connectivity index (χ0n) is 14.8. The highest BCUT2D eigenvalue weighted by Gasteiger charge is 2.42. The van der Waals surface area contributed by atoms with Crippen molar-refractivity contribution in [2.45, 2.75) is 25.0 Å². The molecule has 0 radical (unpaired) electrons. The van der Waals surface area contributed by atoms with Crippen LogP contribution in [0.15, 0.2) is 36.5 Å². The molecule has 1 aromatic carbocycles. The molecule has 2 aromatic rings. The molecule has 7 heteroatoms. The molecule has 1 aliphatic carbocycles. The first-order chi connectivity index (χ1) is 13.0. The van der Waals surface area contributed by atoms with E-state index in [0.717, 1.165) is 32.0 Å². The lowest BCUT2D eigenvalue weighted by molar-refractivity contribution is 0.113. The fourth-order valence-electron chi connectivity index (χ4n) is 4.31. The van der Waals surface area contributed by atoms with Gasteiger partial charge in [-0.1, -0.05) is 0 Å². The maximum absolute atomic E-state index is 13.3. The summed E-state index contributed by atoms with van der Waals surface area (Å²) in [6.45, 7) is 2.21. The Morgan fingerprint density at radius 1 is 1.11 bits per heavy atom. The minimum absolute atomic E-state index is 0.0351. The molecule has 1 aromatic heterocycles. The van der Waals surface area contributed by atoms with Gasteiger partial charge in [-0.05, 0) is 36.8 Å². The Morgan fingerprint density at radius 2 is 1.78 bits per heavy atom. The Kier molecular flexibility index (Phi) is 4.97. The summed E-state index contributed by atoms with van der Waals surface area (Å²) in [7, 11) is 0. The molecule has 0 spiro atoms. The van der Waals surface area contributed by atoms with Crippen molar-refractivity contribution in [1.29, 1.82) is 0 Å². The number of hydrogen-bond donors (Lipinski definition) is 2. The number of aliphatic hydroxyl groups is 1. The zero-order valence-corrected chi connectivity index (χ0v) is 14.8. The maximum Gasteiger partial charge on any atom is 0.133 e. The number of rotatable bonds is 5. The highest BCUT2D eigenvalue weighted by Crippen LogP contribution is 2.40. The molecule has 0 bridgehead atoms. The van der Waals surface area contributed by atoms with Crippen LogP contribution in [0.5, 0.6) is 11.5 Å². The van der Waals surface area contributed by atoms with E-state index >= 15 is 0 Å². The second-order valence-corrected chi connectivity index (χ2v) is 7.51. The van der Waals surface area contributed by atoms with Gasteiger partial charge < -0.3 is 14.9 Å². The lowest BCUT2D eigenvalue weighted by atomic mass is 10.0. The molecule has 2 fully saturated rings. The first kappa shape index (κ1) is 18.1. The third-order valence-corrected chi connectivity index (χ3v) is 5.47. The standard InChI is InChI=1S/C20H22F2N2O3/c21-14-5-15(22)7-18(6-14)27-17-3-12-9-24(10-13(12)4-17)11-20(26)19-2-1-16(25)8-23-19/h1-2,5-8,12-13,17,20,25-26H,3-4,9-11H2/t12-,13+,17-,20?. The van der Waals surface area contributed by atoms with Crippen molar-refractivity contribution in [3.8, 4) is 11.5 Å². The van der Waals surface area contributed by atoms with Gasteiger partial charge in [-0.3, -0.25) is 9.88 Å². The highest BCUT2D eigenvalue weighted by molar-refractivity contribution is 5.24. The topological polar surface area (TPSA) is 65.8 Å². The Bertz CT molecular complexity index is 768. The predicted molar refractivity (Wildman–Crippen MR) is 94.3 cm³/mol. The van der Waals surface area contributed by atoms with Gasteiger partial charge in [0, 0.05) is 37.8 Å². The fourth-order valence-corrected chi connectivity index (χ4v) is 4.31. The molecule has 1 aliphatic heterocycles. The van der Waals surface area contributed by atoms with E-state index in [1.54, 1.807) is 6.07 Å². The molecule has 0 amide bonds. The molecule has 2 aliphatic rings. The lowest BCUT2D eigenvalue weighted by Gasteiger charge is -2.22. The number of pyridine rings is 1. The Morgan fingerprint density at radius 3 is 2.37 bits per heavy atom. The summed E-state index contributed by atoms with van der Waals surface area (Å²) in [6.07, 6.45) is 2.27. The van der Waals surface area contributed by atoms with Crippen LogP contribution in [0.4, 0.5) is 8.78 Å².